The van der Waals surface area contributed by atoms with E-state index in [2.05, 4.69) is 19.1 Å². The molecule has 0 aromatic rings. The zero-order chi connectivity index (χ0) is 14.1. The molecule has 2 atom stereocenters. The van der Waals surface area contributed by atoms with E-state index in [1.165, 1.54) is 0 Å². The lowest BCUT2D eigenvalue weighted by atomic mass is 9.88. The summed E-state index contributed by atoms with van der Waals surface area (Å²) < 4.78 is 0. The summed E-state index contributed by atoms with van der Waals surface area (Å²) in [6.45, 7) is 2.10. The average molecular weight is 266 g/mol. The van der Waals surface area contributed by atoms with Crippen molar-refractivity contribution in [1.82, 2.24) is 0 Å². The van der Waals surface area contributed by atoms with E-state index in [4.69, 9.17) is 5.11 Å². The van der Waals surface area contributed by atoms with Crippen LogP contribution in [0.25, 0.3) is 0 Å². The standard InChI is InChI=1S/C16H26O3/c1-2-3-5-9-14-13(11-12-15(14)17)8-6-4-7-10-16(18)19/h3,5,13-14H,2,4,6-12H2,1H3,(H,18,19)/b5-3-/t13-,14+/m0/s1. The quantitative estimate of drug-likeness (QED) is 0.507. The van der Waals surface area contributed by atoms with Crippen molar-refractivity contribution in [1.29, 1.82) is 0 Å². The van der Waals surface area contributed by atoms with Crippen molar-refractivity contribution in [2.45, 2.75) is 64.7 Å². The number of rotatable bonds is 9. The number of carboxylic acids is 1. The van der Waals surface area contributed by atoms with Crippen molar-refractivity contribution in [3.63, 3.8) is 0 Å². The molecule has 0 unspecified atom stereocenters. The van der Waals surface area contributed by atoms with Gasteiger partial charge >= 0.3 is 5.97 Å². The monoisotopic (exact) mass is 266 g/mol. The van der Waals surface area contributed by atoms with Gasteiger partial charge in [-0.2, -0.15) is 0 Å². The van der Waals surface area contributed by atoms with Gasteiger partial charge in [0.15, 0.2) is 0 Å². The highest BCUT2D eigenvalue weighted by Crippen LogP contribution is 2.35. The summed E-state index contributed by atoms with van der Waals surface area (Å²) in [5, 5.41) is 8.57. The first-order valence-corrected chi connectivity index (χ1v) is 7.54. The summed E-state index contributed by atoms with van der Waals surface area (Å²) >= 11 is 0. The van der Waals surface area contributed by atoms with E-state index in [1.807, 2.05) is 0 Å². The van der Waals surface area contributed by atoms with E-state index in [9.17, 15) is 9.59 Å². The Morgan fingerprint density at radius 3 is 2.79 bits per heavy atom. The number of aliphatic carboxylic acids is 1. The first kappa shape index (κ1) is 15.9. The van der Waals surface area contributed by atoms with Gasteiger partial charge in [0, 0.05) is 18.8 Å². The number of carboxylic acid groups (broad SMARTS) is 1. The van der Waals surface area contributed by atoms with Crippen LogP contribution in [0.2, 0.25) is 0 Å². The van der Waals surface area contributed by atoms with Crippen LogP contribution in [0, 0.1) is 11.8 Å². The molecule has 1 aliphatic carbocycles. The highest BCUT2D eigenvalue weighted by Gasteiger charge is 2.32. The molecule has 3 heteroatoms. The molecule has 1 saturated carbocycles. The van der Waals surface area contributed by atoms with Crippen LogP contribution < -0.4 is 0 Å². The van der Waals surface area contributed by atoms with Crippen LogP contribution in [0.15, 0.2) is 12.2 Å². The van der Waals surface area contributed by atoms with E-state index in [-0.39, 0.29) is 12.3 Å². The molecule has 0 radical (unpaired) electrons. The zero-order valence-electron chi connectivity index (χ0n) is 11.9. The summed E-state index contributed by atoms with van der Waals surface area (Å²) in [6.07, 6.45) is 12.1. The van der Waals surface area contributed by atoms with Crippen LogP contribution in [-0.4, -0.2) is 16.9 Å². The number of allylic oxidation sites excluding steroid dienone is 2. The Balaban J connectivity index is 2.25. The predicted molar refractivity (Wildman–Crippen MR) is 76.0 cm³/mol. The maximum absolute atomic E-state index is 11.8. The summed E-state index contributed by atoms with van der Waals surface area (Å²) in [6, 6.07) is 0. The molecule has 0 amide bonds. The fraction of sp³-hybridized carbons (Fsp3) is 0.750. The van der Waals surface area contributed by atoms with Gasteiger partial charge in [0.25, 0.3) is 0 Å². The Hall–Kier alpha value is -1.12. The highest BCUT2D eigenvalue weighted by molar-refractivity contribution is 5.83. The summed E-state index contributed by atoms with van der Waals surface area (Å²) in [5.74, 6) is 0.469. The molecule has 0 bridgehead atoms. The Bertz CT molecular complexity index is 320. The molecule has 0 aliphatic heterocycles. The molecule has 0 spiro atoms. The maximum Gasteiger partial charge on any atom is 0.303 e. The minimum absolute atomic E-state index is 0.224. The van der Waals surface area contributed by atoms with Crippen LogP contribution in [0.5, 0.6) is 0 Å². The Kier molecular flexibility index (Phi) is 7.46. The molecule has 19 heavy (non-hydrogen) atoms. The summed E-state index contributed by atoms with van der Waals surface area (Å²) in [4.78, 5) is 22.3. The van der Waals surface area contributed by atoms with Crippen LogP contribution in [-0.2, 0) is 9.59 Å². The molecular weight excluding hydrogens is 240 g/mol. The van der Waals surface area contributed by atoms with Gasteiger partial charge in [0.05, 0.1) is 0 Å². The smallest absolute Gasteiger partial charge is 0.303 e. The van der Waals surface area contributed by atoms with E-state index >= 15 is 0 Å². The molecule has 0 saturated heterocycles. The first-order valence-electron chi connectivity index (χ1n) is 7.54. The van der Waals surface area contributed by atoms with Crippen LogP contribution in [0.3, 0.4) is 0 Å². The van der Waals surface area contributed by atoms with Crippen molar-refractivity contribution in [2.75, 3.05) is 0 Å². The fourth-order valence-electron chi connectivity index (χ4n) is 2.92. The van der Waals surface area contributed by atoms with Gasteiger partial charge in [-0.05, 0) is 38.0 Å². The zero-order valence-corrected chi connectivity index (χ0v) is 11.9. The van der Waals surface area contributed by atoms with Crippen LogP contribution in [0.1, 0.15) is 64.7 Å². The third-order valence-electron chi connectivity index (χ3n) is 4.00. The largest absolute Gasteiger partial charge is 0.481 e. The van der Waals surface area contributed by atoms with Gasteiger partial charge in [-0.15, -0.1) is 0 Å². The van der Waals surface area contributed by atoms with Crippen molar-refractivity contribution in [3.8, 4) is 0 Å². The van der Waals surface area contributed by atoms with Gasteiger partial charge in [-0.1, -0.05) is 31.9 Å². The second kappa shape index (κ2) is 8.89. The molecule has 1 aliphatic rings. The Labute approximate surface area is 116 Å². The minimum Gasteiger partial charge on any atom is -0.481 e. The highest BCUT2D eigenvalue weighted by atomic mass is 16.4. The first-order chi connectivity index (χ1) is 9.15. The van der Waals surface area contributed by atoms with Gasteiger partial charge in [-0.25, -0.2) is 0 Å². The number of ketones is 1. The van der Waals surface area contributed by atoms with Crippen molar-refractivity contribution >= 4 is 11.8 Å². The number of unbranched alkanes of at least 4 members (excludes halogenated alkanes) is 2. The van der Waals surface area contributed by atoms with Crippen molar-refractivity contribution < 1.29 is 14.7 Å². The number of Topliss-reactive ketones (excluding diaryl/α,β-unsaturated/α-hetero) is 1. The van der Waals surface area contributed by atoms with Crippen molar-refractivity contribution in [3.05, 3.63) is 12.2 Å². The molecule has 108 valence electrons. The molecule has 0 aromatic carbocycles. The van der Waals surface area contributed by atoms with Gasteiger partial charge in [-0.3, -0.25) is 9.59 Å². The molecule has 0 heterocycles. The van der Waals surface area contributed by atoms with E-state index in [0.717, 1.165) is 51.4 Å². The van der Waals surface area contributed by atoms with Gasteiger partial charge < -0.3 is 5.11 Å². The van der Waals surface area contributed by atoms with E-state index < -0.39 is 5.97 Å². The molecule has 3 nitrogen and oxygen atoms in total. The topological polar surface area (TPSA) is 54.4 Å². The predicted octanol–water partition coefficient (Wildman–Crippen LogP) is 3.97. The molecule has 1 rings (SSSR count). The number of carbonyl (C=O) groups excluding carboxylic acids is 1. The Morgan fingerprint density at radius 1 is 1.32 bits per heavy atom. The summed E-state index contributed by atoms with van der Waals surface area (Å²) in [5.41, 5.74) is 0. The minimum atomic E-state index is -0.710. The lowest BCUT2D eigenvalue weighted by molar-refractivity contribution is -0.137. The SMILES string of the molecule is CC/C=C\C[C@H]1C(=O)CC[C@@H]1CCCCCC(=O)O. The second-order valence-electron chi connectivity index (χ2n) is 5.48. The second-order valence-corrected chi connectivity index (χ2v) is 5.48. The van der Waals surface area contributed by atoms with E-state index in [1.54, 1.807) is 0 Å². The average Bonchev–Trinajstić information content (AvgIpc) is 2.71. The lowest BCUT2D eigenvalue weighted by Crippen LogP contribution is -2.14. The maximum atomic E-state index is 11.8. The molecular formula is C16H26O3. The third-order valence-corrected chi connectivity index (χ3v) is 4.00. The van der Waals surface area contributed by atoms with Gasteiger partial charge in [0.1, 0.15) is 5.78 Å². The normalized spacial score (nSPS) is 23.3. The lowest BCUT2D eigenvalue weighted by Gasteiger charge is -2.16. The summed E-state index contributed by atoms with van der Waals surface area (Å²) in [7, 11) is 0. The van der Waals surface area contributed by atoms with E-state index in [0.29, 0.717) is 11.7 Å². The number of hydrogen-bond donors (Lipinski definition) is 1. The molecule has 0 aromatic heterocycles. The fourth-order valence-corrected chi connectivity index (χ4v) is 2.92. The third kappa shape index (κ3) is 6.04. The van der Waals surface area contributed by atoms with Gasteiger partial charge in [0.2, 0.25) is 0 Å². The van der Waals surface area contributed by atoms with Crippen LogP contribution in [0.4, 0.5) is 0 Å². The number of carbonyl (C=O) groups is 2. The molecule has 1 fully saturated rings. The van der Waals surface area contributed by atoms with Crippen molar-refractivity contribution in [2.24, 2.45) is 11.8 Å². The number of hydrogen-bond acceptors (Lipinski definition) is 2. The molecule has 1 N–H and O–H groups in total. The Morgan fingerprint density at radius 2 is 2.11 bits per heavy atom. The van der Waals surface area contributed by atoms with Crippen LogP contribution >= 0.6 is 0 Å².